The van der Waals surface area contributed by atoms with Crippen molar-refractivity contribution in [2.45, 2.75) is 13.3 Å². The van der Waals surface area contributed by atoms with Crippen molar-refractivity contribution in [2.75, 3.05) is 0 Å². The number of hydrogen-bond donors (Lipinski definition) is 0. The third-order valence-corrected chi connectivity index (χ3v) is 2.94. The summed E-state index contributed by atoms with van der Waals surface area (Å²) in [5, 5.41) is 7.90. The van der Waals surface area contributed by atoms with Gasteiger partial charge in [-0.05, 0) is 41.8 Å². The summed E-state index contributed by atoms with van der Waals surface area (Å²) in [6.45, 7) is 2.10. The molecule has 1 aromatic carbocycles. The fourth-order valence-corrected chi connectivity index (χ4v) is 2.04. The second-order valence-corrected chi connectivity index (χ2v) is 4.35. The lowest BCUT2D eigenvalue weighted by molar-refractivity contribution is 1.00. The molecule has 3 nitrogen and oxygen atoms in total. The standard InChI is InChI=1S/C10H9BrClN3/c1-2-7-5-8(11)3-4-9(7)15-6-13-14-10(15)12/h3-6H,2H2,1H3. The van der Waals surface area contributed by atoms with Crippen molar-refractivity contribution in [3.63, 3.8) is 0 Å². The van der Waals surface area contributed by atoms with E-state index in [1.165, 1.54) is 5.56 Å². The zero-order valence-corrected chi connectivity index (χ0v) is 10.5. The molecule has 78 valence electrons. The van der Waals surface area contributed by atoms with Gasteiger partial charge in [-0.3, -0.25) is 4.57 Å². The van der Waals surface area contributed by atoms with Crippen LogP contribution in [0.25, 0.3) is 5.69 Å². The van der Waals surface area contributed by atoms with Crippen LogP contribution in [0.4, 0.5) is 0 Å². The molecule has 0 aliphatic heterocycles. The summed E-state index contributed by atoms with van der Waals surface area (Å²) < 4.78 is 2.83. The molecule has 15 heavy (non-hydrogen) atoms. The van der Waals surface area contributed by atoms with Gasteiger partial charge in [0.05, 0.1) is 5.69 Å². The fourth-order valence-electron chi connectivity index (χ4n) is 1.45. The van der Waals surface area contributed by atoms with Gasteiger partial charge in [0.15, 0.2) is 0 Å². The maximum atomic E-state index is 5.92. The SMILES string of the molecule is CCc1cc(Br)ccc1-n1cnnc1Cl. The molecular weight excluding hydrogens is 277 g/mol. The van der Waals surface area contributed by atoms with Gasteiger partial charge in [-0.2, -0.15) is 0 Å². The van der Waals surface area contributed by atoms with E-state index in [1.807, 2.05) is 12.1 Å². The Morgan fingerprint density at radius 3 is 2.87 bits per heavy atom. The van der Waals surface area contributed by atoms with Gasteiger partial charge in [0.1, 0.15) is 6.33 Å². The highest BCUT2D eigenvalue weighted by atomic mass is 79.9. The minimum Gasteiger partial charge on any atom is -0.272 e. The first-order valence-electron chi connectivity index (χ1n) is 4.56. The first-order valence-corrected chi connectivity index (χ1v) is 5.73. The van der Waals surface area contributed by atoms with Crippen LogP contribution in [0.1, 0.15) is 12.5 Å². The Labute approximate surface area is 101 Å². The molecule has 0 amide bonds. The Morgan fingerprint density at radius 2 is 2.27 bits per heavy atom. The van der Waals surface area contributed by atoms with E-state index in [2.05, 4.69) is 39.1 Å². The molecule has 0 bridgehead atoms. The molecule has 5 heteroatoms. The van der Waals surface area contributed by atoms with Gasteiger partial charge < -0.3 is 0 Å². The molecule has 0 atom stereocenters. The van der Waals surface area contributed by atoms with Crippen LogP contribution in [0, 0.1) is 0 Å². The number of halogens is 2. The van der Waals surface area contributed by atoms with Gasteiger partial charge in [-0.25, -0.2) is 0 Å². The zero-order valence-electron chi connectivity index (χ0n) is 8.11. The van der Waals surface area contributed by atoms with Crippen LogP contribution in [0.3, 0.4) is 0 Å². The molecule has 0 fully saturated rings. The van der Waals surface area contributed by atoms with Crippen LogP contribution in [0.2, 0.25) is 5.28 Å². The van der Waals surface area contributed by atoms with E-state index in [9.17, 15) is 0 Å². The van der Waals surface area contributed by atoms with Crippen molar-refractivity contribution in [3.8, 4) is 5.69 Å². The second-order valence-electron chi connectivity index (χ2n) is 3.10. The predicted octanol–water partition coefficient (Wildman–Crippen LogP) is 3.25. The average Bonchev–Trinajstić information content (AvgIpc) is 2.64. The molecular formula is C10H9BrClN3. The summed E-state index contributed by atoms with van der Waals surface area (Å²) in [6, 6.07) is 6.05. The van der Waals surface area contributed by atoms with E-state index in [0.29, 0.717) is 5.28 Å². The van der Waals surface area contributed by atoms with Crippen LogP contribution < -0.4 is 0 Å². The summed E-state index contributed by atoms with van der Waals surface area (Å²) >= 11 is 9.37. The van der Waals surface area contributed by atoms with Gasteiger partial charge in [0, 0.05) is 4.47 Å². The molecule has 0 unspecified atom stereocenters. The zero-order chi connectivity index (χ0) is 10.8. The summed E-state index contributed by atoms with van der Waals surface area (Å²) in [6.07, 6.45) is 2.55. The smallest absolute Gasteiger partial charge is 0.229 e. The van der Waals surface area contributed by atoms with Gasteiger partial charge >= 0.3 is 0 Å². The third-order valence-electron chi connectivity index (χ3n) is 2.19. The monoisotopic (exact) mass is 285 g/mol. The Bertz CT molecular complexity index is 481. The number of aryl methyl sites for hydroxylation is 1. The summed E-state index contributed by atoms with van der Waals surface area (Å²) in [7, 11) is 0. The third kappa shape index (κ3) is 2.06. The highest BCUT2D eigenvalue weighted by molar-refractivity contribution is 9.10. The van der Waals surface area contributed by atoms with Crippen molar-refractivity contribution in [1.29, 1.82) is 0 Å². The average molecular weight is 287 g/mol. The van der Waals surface area contributed by atoms with E-state index < -0.39 is 0 Å². The molecule has 0 saturated carbocycles. The van der Waals surface area contributed by atoms with Crippen molar-refractivity contribution >= 4 is 27.5 Å². The first-order chi connectivity index (χ1) is 7.22. The lowest BCUT2D eigenvalue weighted by Crippen LogP contribution is -1.97. The van der Waals surface area contributed by atoms with Crippen molar-refractivity contribution < 1.29 is 0 Å². The van der Waals surface area contributed by atoms with Gasteiger partial charge in [0.25, 0.3) is 0 Å². The quantitative estimate of drug-likeness (QED) is 0.848. The highest BCUT2D eigenvalue weighted by Gasteiger charge is 2.07. The van der Waals surface area contributed by atoms with Crippen molar-refractivity contribution in [2.24, 2.45) is 0 Å². The van der Waals surface area contributed by atoms with E-state index in [1.54, 1.807) is 10.9 Å². The minimum atomic E-state index is 0.382. The van der Waals surface area contributed by atoms with E-state index in [4.69, 9.17) is 11.6 Å². The van der Waals surface area contributed by atoms with Gasteiger partial charge in [-0.1, -0.05) is 22.9 Å². The van der Waals surface area contributed by atoms with Gasteiger partial charge in [-0.15, -0.1) is 10.2 Å². The molecule has 1 aromatic heterocycles. The number of rotatable bonds is 2. The molecule has 2 rings (SSSR count). The van der Waals surface area contributed by atoms with E-state index >= 15 is 0 Å². The minimum absolute atomic E-state index is 0.382. The van der Waals surface area contributed by atoms with Crippen LogP contribution in [0.15, 0.2) is 29.0 Å². The highest BCUT2D eigenvalue weighted by Crippen LogP contribution is 2.22. The molecule has 0 aliphatic rings. The Balaban J connectivity index is 2.58. The van der Waals surface area contributed by atoms with Crippen molar-refractivity contribution in [1.82, 2.24) is 14.8 Å². The number of hydrogen-bond acceptors (Lipinski definition) is 2. The second kappa shape index (κ2) is 4.33. The lowest BCUT2D eigenvalue weighted by atomic mass is 10.1. The number of benzene rings is 1. The molecule has 1 heterocycles. The summed E-state index contributed by atoms with van der Waals surface area (Å²) in [5.74, 6) is 0. The normalized spacial score (nSPS) is 10.6. The van der Waals surface area contributed by atoms with Crippen LogP contribution in [0.5, 0.6) is 0 Å². The van der Waals surface area contributed by atoms with Gasteiger partial charge in [0.2, 0.25) is 5.28 Å². The maximum Gasteiger partial charge on any atom is 0.229 e. The van der Waals surface area contributed by atoms with E-state index in [-0.39, 0.29) is 0 Å². The Morgan fingerprint density at radius 1 is 1.47 bits per heavy atom. The molecule has 0 saturated heterocycles. The fraction of sp³-hybridized carbons (Fsp3) is 0.200. The summed E-state index contributed by atoms with van der Waals surface area (Å²) in [4.78, 5) is 0. The molecule has 0 spiro atoms. The predicted molar refractivity (Wildman–Crippen MR) is 63.4 cm³/mol. The van der Waals surface area contributed by atoms with E-state index in [0.717, 1.165) is 16.6 Å². The molecule has 2 aromatic rings. The molecule has 0 N–H and O–H groups in total. The number of aromatic nitrogens is 3. The first kappa shape index (κ1) is 10.6. The van der Waals surface area contributed by atoms with Crippen molar-refractivity contribution in [3.05, 3.63) is 39.8 Å². The van der Waals surface area contributed by atoms with Crippen LogP contribution in [-0.2, 0) is 6.42 Å². The lowest BCUT2D eigenvalue weighted by Gasteiger charge is -2.09. The topological polar surface area (TPSA) is 30.7 Å². The molecule has 0 aliphatic carbocycles. The Hall–Kier alpha value is -0.870. The van der Waals surface area contributed by atoms with Crippen LogP contribution in [-0.4, -0.2) is 14.8 Å². The molecule has 0 radical (unpaired) electrons. The number of nitrogens with zero attached hydrogens (tertiary/aromatic N) is 3. The van der Waals surface area contributed by atoms with Crippen LogP contribution >= 0.6 is 27.5 Å². The summed E-state index contributed by atoms with van der Waals surface area (Å²) in [5.41, 5.74) is 2.22. The maximum absolute atomic E-state index is 5.92. The largest absolute Gasteiger partial charge is 0.272 e. The Kier molecular flexibility index (Phi) is 3.07.